The van der Waals surface area contributed by atoms with Crippen molar-refractivity contribution >= 4 is 17.9 Å². The number of nitrogens with zero attached hydrogens (tertiary/aromatic N) is 1. The van der Waals surface area contributed by atoms with Crippen LogP contribution >= 0.6 is 0 Å². The molecule has 0 heterocycles. The smallest absolute Gasteiger partial charge is 0.361 e. The third-order valence-electron chi connectivity index (χ3n) is 11.8. The average Bonchev–Trinajstić information content (AvgIpc) is 3.28. The van der Waals surface area contributed by atoms with Crippen molar-refractivity contribution in [2.24, 2.45) is 0 Å². The summed E-state index contributed by atoms with van der Waals surface area (Å²) >= 11 is 0. The van der Waals surface area contributed by atoms with Crippen LogP contribution in [-0.2, 0) is 33.3 Å². The Kier molecular flexibility index (Phi) is 46.7. The summed E-state index contributed by atoms with van der Waals surface area (Å²) in [6.45, 7) is 4.76. The number of unbranched alkanes of at least 4 members (excludes halogenated alkanes) is 27. The molecule has 66 heavy (non-hydrogen) atoms. The molecular weight excluding hydrogens is 827 g/mol. The summed E-state index contributed by atoms with van der Waals surface area (Å²) in [6.07, 6.45) is 56.3. The monoisotopic (exact) mass is 931 g/mol. The van der Waals surface area contributed by atoms with Crippen LogP contribution in [0.3, 0.4) is 0 Å². The minimum atomic E-state index is -1.51. The zero-order valence-corrected chi connectivity index (χ0v) is 43.6. The van der Waals surface area contributed by atoms with E-state index in [1.165, 1.54) is 148 Å². The molecule has 9 heteroatoms. The number of likely N-dealkylation sites (N-methyl/N-ethyl adjacent to an activating group) is 1. The molecule has 0 radical (unpaired) electrons. The molecule has 0 aliphatic heterocycles. The largest absolute Gasteiger partial charge is 0.477 e. The Morgan fingerprint density at radius 1 is 0.470 bits per heavy atom. The molecule has 0 spiro atoms. The molecule has 1 N–H and O–H groups in total. The first kappa shape index (κ1) is 63.2. The predicted molar refractivity (Wildman–Crippen MR) is 277 cm³/mol. The van der Waals surface area contributed by atoms with Crippen molar-refractivity contribution in [3.8, 4) is 0 Å². The molecule has 0 aromatic heterocycles. The first-order chi connectivity index (χ1) is 32.1. The lowest BCUT2D eigenvalue weighted by Gasteiger charge is -2.25. The van der Waals surface area contributed by atoms with Gasteiger partial charge in [-0.3, -0.25) is 9.59 Å². The van der Waals surface area contributed by atoms with E-state index in [2.05, 4.69) is 62.5 Å². The van der Waals surface area contributed by atoms with E-state index < -0.39 is 24.3 Å². The first-order valence-electron chi connectivity index (χ1n) is 27.3. The second kappa shape index (κ2) is 48.7. The number of carboxylic acids is 1. The molecule has 0 aliphatic rings. The summed E-state index contributed by atoms with van der Waals surface area (Å²) in [5, 5.41) is 9.66. The number of aliphatic carboxylic acids is 1. The number of quaternary nitrogens is 1. The fourth-order valence-electron chi connectivity index (χ4n) is 7.65. The number of hydrogen-bond acceptors (Lipinski definition) is 7. The number of allylic oxidation sites excluding steroid dienone is 8. The normalized spacial score (nSPS) is 13.2. The van der Waals surface area contributed by atoms with E-state index in [0.29, 0.717) is 17.4 Å². The number of rotatable bonds is 50. The zero-order valence-electron chi connectivity index (χ0n) is 43.6. The van der Waals surface area contributed by atoms with Crippen LogP contribution in [0.15, 0.2) is 48.6 Å². The lowest BCUT2D eigenvalue weighted by Crippen LogP contribution is -2.40. The van der Waals surface area contributed by atoms with E-state index in [9.17, 15) is 19.5 Å². The van der Waals surface area contributed by atoms with Crippen molar-refractivity contribution in [1.29, 1.82) is 0 Å². The molecule has 0 saturated carbocycles. The van der Waals surface area contributed by atoms with Gasteiger partial charge in [-0.2, -0.15) is 0 Å². The van der Waals surface area contributed by atoms with Crippen molar-refractivity contribution in [1.82, 2.24) is 0 Å². The van der Waals surface area contributed by atoms with E-state index in [-0.39, 0.29) is 32.2 Å². The van der Waals surface area contributed by atoms with E-state index in [4.69, 9.17) is 18.9 Å². The number of esters is 2. The average molecular weight is 931 g/mol. The third-order valence-corrected chi connectivity index (χ3v) is 11.8. The molecule has 9 nitrogen and oxygen atoms in total. The van der Waals surface area contributed by atoms with Crippen LogP contribution in [0.4, 0.5) is 0 Å². The summed E-state index contributed by atoms with van der Waals surface area (Å²) in [5.74, 6) is -2.00. The second-order valence-corrected chi connectivity index (χ2v) is 19.5. The molecule has 2 unspecified atom stereocenters. The van der Waals surface area contributed by atoms with Gasteiger partial charge in [0.25, 0.3) is 6.29 Å². The van der Waals surface area contributed by atoms with Crippen LogP contribution in [-0.4, -0.2) is 87.4 Å². The molecule has 0 aromatic rings. The standard InChI is InChI=1S/C57H103NO8/c1-6-8-10-12-14-16-18-19-20-21-22-23-24-25-26-27-28-29-30-31-32-33-34-35-36-37-38-40-42-44-46-48-55(60)66-53(52-65-57(56(61)62)63-50-49-58(3,4)5)51-64-54(59)47-45-43-41-39-17-15-13-11-9-7-2/h8,10,14,16,19-20,22-23,53,57H,6-7,9,11-13,15,17-18,21,24-52H2,1-5H3/p+1/b10-8-,16-14-,20-19-,23-22-. The minimum Gasteiger partial charge on any atom is -0.477 e. The van der Waals surface area contributed by atoms with Crippen molar-refractivity contribution in [2.45, 2.75) is 251 Å². The van der Waals surface area contributed by atoms with Gasteiger partial charge in [0, 0.05) is 12.8 Å². The Hall–Kier alpha value is -2.75. The van der Waals surface area contributed by atoms with Gasteiger partial charge < -0.3 is 28.5 Å². The Labute approximate surface area is 406 Å². The topological polar surface area (TPSA) is 108 Å². The summed E-state index contributed by atoms with van der Waals surface area (Å²) in [5.41, 5.74) is 0. The zero-order chi connectivity index (χ0) is 48.4. The summed E-state index contributed by atoms with van der Waals surface area (Å²) in [4.78, 5) is 37.2. The maximum Gasteiger partial charge on any atom is 0.361 e. The first-order valence-corrected chi connectivity index (χ1v) is 27.3. The molecule has 384 valence electrons. The molecule has 0 aliphatic carbocycles. The fraction of sp³-hybridized carbons (Fsp3) is 0.807. The Bertz CT molecular complexity index is 1220. The van der Waals surface area contributed by atoms with Gasteiger partial charge in [-0.1, -0.05) is 223 Å². The quantitative estimate of drug-likeness (QED) is 0.0211. The van der Waals surface area contributed by atoms with Gasteiger partial charge in [-0.25, -0.2) is 4.79 Å². The van der Waals surface area contributed by atoms with Crippen LogP contribution < -0.4 is 0 Å². The lowest BCUT2D eigenvalue weighted by molar-refractivity contribution is -0.870. The number of hydrogen-bond donors (Lipinski definition) is 1. The highest BCUT2D eigenvalue weighted by Gasteiger charge is 2.25. The lowest BCUT2D eigenvalue weighted by atomic mass is 10.0. The maximum atomic E-state index is 12.8. The van der Waals surface area contributed by atoms with E-state index in [1.807, 2.05) is 21.1 Å². The van der Waals surface area contributed by atoms with Crippen molar-refractivity contribution in [2.75, 3.05) is 47.5 Å². The molecule has 0 fully saturated rings. The number of carbonyl (C=O) groups is 3. The van der Waals surface area contributed by atoms with Crippen LogP contribution in [0, 0.1) is 0 Å². The van der Waals surface area contributed by atoms with Gasteiger partial charge in [-0.05, 0) is 51.4 Å². The van der Waals surface area contributed by atoms with E-state index in [0.717, 1.165) is 64.2 Å². The molecule has 0 saturated heterocycles. The Balaban J connectivity index is 4.07. The van der Waals surface area contributed by atoms with Gasteiger partial charge >= 0.3 is 17.9 Å². The van der Waals surface area contributed by atoms with Gasteiger partial charge in [0.2, 0.25) is 0 Å². The fourth-order valence-corrected chi connectivity index (χ4v) is 7.65. The van der Waals surface area contributed by atoms with E-state index >= 15 is 0 Å². The minimum absolute atomic E-state index is 0.178. The van der Waals surface area contributed by atoms with Gasteiger partial charge in [0.05, 0.1) is 34.4 Å². The van der Waals surface area contributed by atoms with Gasteiger partial charge in [-0.15, -0.1) is 0 Å². The van der Waals surface area contributed by atoms with Crippen molar-refractivity contribution < 1.29 is 42.9 Å². The van der Waals surface area contributed by atoms with Gasteiger partial charge in [0.15, 0.2) is 6.10 Å². The second-order valence-electron chi connectivity index (χ2n) is 19.5. The van der Waals surface area contributed by atoms with Crippen LogP contribution in [0.1, 0.15) is 239 Å². The molecule has 0 bridgehead atoms. The summed E-state index contributed by atoms with van der Waals surface area (Å²) < 4.78 is 22.8. The van der Waals surface area contributed by atoms with Crippen LogP contribution in [0.5, 0.6) is 0 Å². The number of carbonyl (C=O) groups excluding carboxylic acids is 2. The van der Waals surface area contributed by atoms with Crippen LogP contribution in [0.2, 0.25) is 0 Å². The Morgan fingerprint density at radius 3 is 1.29 bits per heavy atom. The molecule has 0 amide bonds. The molecule has 0 aromatic carbocycles. The van der Waals surface area contributed by atoms with E-state index in [1.54, 1.807) is 0 Å². The highest BCUT2D eigenvalue weighted by Crippen LogP contribution is 2.16. The van der Waals surface area contributed by atoms with Gasteiger partial charge in [0.1, 0.15) is 13.2 Å². The van der Waals surface area contributed by atoms with Crippen LogP contribution in [0.25, 0.3) is 0 Å². The van der Waals surface area contributed by atoms with Crippen molar-refractivity contribution in [3.05, 3.63) is 48.6 Å². The highest BCUT2D eigenvalue weighted by molar-refractivity contribution is 5.71. The number of carboxylic acid groups (broad SMARTS) is 1. The maximum absolute atomic E-state index is 12.8. The highest BCUT2D eigenvalue weighted by atomic mass is 16.7. The summed E-state index contributed by atoms with van der Waals surface area (Å²) in [7, 11) is 5.96. The molecule has 2 atom stereocenters. The predicted octanol–water partition coefficient (Wildman–Crippen LogP) is 15.5. The summed E-state index contributed by atoms with van der Waals surface area (Å²) in [6, 6.07) is 0. The Morgan fingerprint density at radius 2 is 0.864 bits per heavy atom. The third kappa shape index (κ3) is 49.2. The SMILES string of the molecule is CC/C=C\C/C=C\C/C=C\C/C=C\CCCCCCCCCCCCCCCCCCCCC(=O)OC(COC(=O)CCCCCCCCCCCC)COC(OCC[N+](C)(C)C)C(=O)O. The molecule has 0 rings (SSSR count). The molecular formula is C57H104NO8+. The number of ether oxygens (including phenoxy) is 4. The van der Waals surface area contributed by atoms with Crippen molar-refractivity contribution in [3.63, 3.8) is 0 Å².